The van der Waals surface area contributed by atoms with Crippen LogP contribution in [-0.2, 0) is 16.1 Å². The molecule has 0 N–H and O–H groups in total. The van der Waals surface area contributed by atoms with Gasteiger partial charge in [0, 0.05) is 19.6 Å². The maximum atomic E-state index is 12.1. The summed E-state index contributed by atoms with van der Waals surface area (Å²) in [6.07, 6.45) is -4.69. The molecule has 0 bridgehead atoms. The summed E-state index contributed by atoms with van der Waals surface area (Å²) in [4.78, 5) is 15.7. The molecule has 2 rings (SSSR count). The highest BCUT2D eigenvalue weighted by Crippen LogP contribution is 2.22. The van der Waals surface area contributed by atoms with E-state index in [0.717, 1.165) is 5.56 Å². The number of alkyl halides is 3. The zero-order valence-corrected chi connectivity index (χ0v) is 12.8. The van der Waals surface area contributed by atoms with Crippen LogP contribution >= 0.6 is 0 Å². The largest absolute Gasteiger partial charge is 0.573 e. The monoisotopic (exact) mass is 332 g/mol. The Morgan fingerprint density at radius 3 is 2.43 bits per heavy atom. The first-order valence-electron chi connectivity index (χ1n) is 7.22. The molecule has 128 valence electrons. The van der Waals surface area contributed by atoms with E-state index in [0.29, 0.717) is 32.8 Å². The Morgan fingerprint density at radius 2 is 1.87 bits per heavy atom. The summed E-state index contributed by atoms with van der Waals surface area (Å²) in [5.74, 6) is -0.235. The van der Waals surface area contributed by atoms with Gasteiger partial charge in [-0.2, -0.15) is 0 Å². The average molecular weight is 332 g/mol. The molecule has 0 saturated carbocycles. The van der Waals surface area contributed by atoms with Crippen molar-refractivity contribution < 1.29 is 27.4 Å². The molecule has 0 spiro atoms. The van der Waals surface area contributed by atoms with Crippen LogP contribution in [0.1, 0.15) is 5.56 Å². The minimum atomic E-state index is -4.69. The number of benzene rings is 1. The van der Waals surface area contributed by atoms with Gasteiger partial charge in [-0.15, -0.1) is 13.2 Å². The van der Waals surface area contributed by atoms with E-state index in [4.69, 9.17) is 4.74 Å². The van der Waals surface area contributed by atoms with Crippen LogP contribution < -0.4 is 4.74 Å². The van der Waals surface area contributed by atoms with E-state index in [1.165, 1.54) is 12.1 Å². The van der Waals surface area contributed by atoms with Crippen molar-refractivity contribution >= 4 is 5.91 Å². The number of hydrogen-bond donors (Lipinski definition) is 0. The lowest BCUT2D eigenvalue weighted by atomic mass is 10.2. The van der Waals surface area contributed by atoms with Crippen LogP contribution in [0.15, 0.2) is 24.3 Å². The van der Waals surface area contributed by atoms with Gasteiger partial charge in [0.05, 0.1) is 19.8 Å². The number of rotatable bonds is 5. The van der Waals surface area contributed by atoms with Crippen LogP contribution in [0.2, 0.25) is 0 Å². The van der Waals surface area contributed by atoms with Gasteiger partial charge in [0.2, 0.25) is 5.91 Å². The van der Waals surface area contributed by atoms with Gasteiger partial charge in [-0.25, -0.2) is 0 Å². The molecule has 8 heteroatoms. The third kappa shape index (κ3) is 6.07. The summed E-state index contributed by atoms with van der Waals surface area (Å²) in [7, 11) is 1.79. The first kappa shape index (κ1) is 17.6. The van der Waals surface area contributed by atoms with Crippen molar-refractivity contribution in [1.29, 1.82) is 0 Å². The molecule has 1 aromatic rings. The van der Waals surface area contributed by atoms with E-state index in [-0.39, 0.29) is 18.2 Å². The fraction of sp³-hybridized carbons (Fsp3) is 0.533. The summed E-state index contributed by atoms with van der Waals surface area (Å²) in [6.45, 7) is 3.00. The zero-order valence-electron chi connectivity index (χ0n) is 12.8. The number of carbonyl (C=O) groups excluding carboxylic acids is 1. The van der Waals surface area contributed by atoms with E-state index in [9.17, 15) is 18.0 Å². The quantitative estimate of drug-likeness (QED) is 0.826. The van der Waals surface area contributed by atoms with Crippen LogP contribution in [0.4, 0.5) is 13.2 Å². The molecular weight excluding hydrogens is 313 g/mol. The Morgan fingerprint density at radius 1 is 1.26 bits per heavy atom. The number of carbonyl (C=O) groups is 1. The first-order valence-corrected chi connectivity index (χ1v) is 7.22. The van der Waals surface area contributed by atoms with Gasteiger partial charge in [-0.05, 0) is 24.7 Å². The molecule has 1 aliphatic heterocycles. The molecule has 0 radical (unpaired) electrons. The van der Waals surface area contributed by atoms with Gasteiger partial charge in [-0.3, -0.25) is 9.69 Å². The van der Waals surface area contributed by atoms with E-state index in [1.54, 1.807) is 24.1 Å². The number of hydrogen-bond acceptors (Lipinski definition) is 4. The minimum Gasteiger partial charge on any atom is -0.406 e. The Labute approximate surface area is 132 Å². The number of ether oxygens (including phenoxy) is 2. The number of amides is 1. The second-order valence-corrected chi connectivity index (χ2v) is 5.36. The SMILES string of the molecule is CN(CC(=O)N1CCOCC1)Cc1ccc(OC(F)(F)F)cc1. The van der Waals surface area contributed by atoms with Crippen LogP contribution in [0.25, 0.3) is 0 Å². The lowest BCUT2D eigenvalue weighted by Gasteiger charge is -2.28. The normalized spacial score (nSPS) is 15.8. The Kier molecular flexibility index (Phi) is 5.84. The van der Waals surface area contributed by atoms with Crippen molar-refractivity contribution in [3.8, 4) is 5.75 Å². The molecule has 1 amide bonds. The van der Waals surface area contributed by atoms with Crippen molar-refractivity contribution in [2.75, 3.05) is 39.9 Å². The molecule has 1 fully saturated rings. The highest BCUT2D eigenvalue weighted by atomic mass is 19.4. The highest BCUT2D eigenvalue weighted by Gasteiger charge is 2.30. The summed E-state index contributed by atoms with van der Waals surface area (Å²) < 4.78 is 45.3. The number of nitrogens with zero attached hydrogens (tertiary/aromatic N) is 2. The molecule has 0 atom stereocenters. The van der Waals surface area contributed by atoms with Crippen LogP contribution in [0, 0.1) is 0 Å². The summed E-state index contributed by atoms with van der Waals surface area (Å²) in [5, 5.41) is 0. The molecule has 0 aromatic heterocycles. The summed E-state index contributed by atoms with van der Waals surface area (Å²) >= 11 is 0. The van der Waals surface area contributed by atoms with E-state index >= 15 is 0 Å². The van der Waals surface area contributed by atoms with Gasteiger partial charge >= 0.3 is 6.36 Å². The lowest BCUT2D eigenvalue weighted by Crippen LogP contribution is -2.44. The van der Waals surface area contributed by atoms with E-state index in [1.807, 2.05) is 4.90 Å². The lowest BCUT2D eigenvalue weighted by molar-refractivity contribution is -0.274. The third-order valence-corrected chi connectivity index (χ3v) is 3.38. The smallest absolute Gasteiger partial charge is 0.406 e. The summed E-state index contributed by atoms with van der Waals surface area (Å²) in [5.41, 5.74) is 0.803. The third-order valence-electron chi connectivity index (χ3n) is 3.38. The summed E-state index contributed by atoms with van der Waals surface area (Å²) in [6, 6.07) is 5.63. The van der Waals surface area contributed by atoms with E-state index < -0.39 is 6.36 Å². The fourth-order valence-corrected chi connectivity index (χ4v) is 2.31. The van der Waals surface area contributed by atoms with Gasteiger partial charge in [0.15, 0.2) is 0 Å². The molecule has 0 unspecified atom stereocenters. The second kappa shape index (κ2) is 7.65. The second-order valence-electron chi connectivity index (χ2n) is 5.36. The molecule has 1 saturated heterocycles. The van der Waals surface area contributed by atoms with Crippen LogP contribution in [0.5, 0.6) is 5.75 Å². The van der Waals surface area contributed by atoms with Crippen molar-refractivity contribution in [2.24, 2.45) is 0 Å². The van der Waals surface area contributed by atoms with Crippen molar-refractivity contribution in [3.63, 3.8) is 0 Å². The van der Waals surface area contributed by atoms with Crippen LogP contribution in [0.3, 0.4) is 0 Å². The zero-order chi connectivity index (χ0) is 16.9. The van der Waals surface area contributed by atoms with Gasteiger partial charge in [0.1, 0.15) is 5.75 Å². The maximum Gasteiger partial charge on any atom is 0.573 e. The Bertz CT molecular complexity index is 514. The predicted molar refractivity (Wildman–Crippen MR) is 76.9 cm³/mol. The predicted octanol–water partition coefficient (Wildman–Crippen LogP) is 1.88. The van der Waals surface area contributed by atoms with E-state index in [2.05, 4.69) is 4.74 Å². The van der Waals surface area contributed by atoms with Gasteiger partial charge < -0.3 is 14.4 Å². The average Bonchev–Trinajstić information content (AvgIpc) is 2.48. The van der Waals surface area contributed by atoms with Gasteiger partial charge in [0.25, 0.3) is 0 Å². The molecule has 5 nitrogen and oxygen atoms in total. The van der Waals surface area contributed by atoms with Gasteiger partial charge in [-0.1, -0.05) is 12.1 Å². The Hall–Kier alpha value is -1.80. The molecule has 23 heavy (non-hydrogen) atoms. The molecule has 1 heterocycles. The first-order chi connectivity index (χ1) is 10.8. The molecular formula is C15H19F3N2O3. The topological polar surface area (TPSA) is 42.0 Å². The Balaban J connectivity index is 1.82. The van der Waals surface area contributed by atoms with Crippen LogP contribution in [-0.4, -0.2) is 62.0 Å². The molecule has 0 aliphatic carbocycles. The van der Waals surface area contributed by atoms with Crippen molar-refractivity contribution in [3.05, 3.63) is 29.8 Å². The highest BCUT2D eigenvalue weighted by molar-refractivity contribution is 5.78. The fourth-order valence-electron chi connectivity index (χ4n) is 2.31. The standard InChI is InChI=1S/C15H19F3N2O3/c1-19(11-14(21)20-6-8-22-9-7-20)10-12-2-4-13(5-3-12)23-15(16,17)18/h2-5H,6-11H2,1H3. The number of likely N-dealkylation sites (N-methyl/N-ethyl adjacent to an activating group) is 1. The minimum absolute atomic E-state index is 0.0211. The number of halogens is 3. The maximum absolute atomic E-state index is 12.1. The molecule has 1 aliphatic rings. The van der Waals surface area contributed by atoms with Crippen molar-refractivity contribution in [2.45, 2.75) is 12.9 Å². The molecule has 1 aromatic carbocycles. The van der Waals surface area contributed by atoms with Crippen molar-refractivity contribution in [1.82, 2.24) is 9.80 Å². The number of morpholine rings is 1.